The number of anilines is 2. The van der Waals surface area contributed by atoms with E-state index < -0.39 is 22.5 Å². The van der Waals surface area contributed by atoms with E-state index >= 15 is 0 Å². The van der Waals surface area contributed by atoms with Crippen molar-refractivity contribution in [2.45, 2.75) is 70.6 Å². The summed E-state index contributed by atoms with van der Waals surface area (Å²) in [4.78, 5) is 15.2. The number of urea groups is 1. The van der Waals surface area contributed by atoms with Crippen LogP contribution in [0, 0.1) is 0 Å². The van der Waals surface area contributed by atoms with Crippen LogP contribution in [-0.2, 0) is 35.9 Å². The second kappa shape index (κ2) is 9.42. The molecule has 5 rings (SSSR count). The molecule has 35 heavy (non-hydrogen) atoms. The van der Waals surface area contributed by atoms with Crippen molar-refractivity contribution < 1.29 is 17.6 Å². The number of benzene rings is 1. The lowest BCUT2D eigenvalue weighted by atomic mass is 9.99. The van der Waals surface area contributed by atoms with E-state index in [2.05, 4.69) is 26.1 Å². The maximum absolute atomic E-state index is 13.8. The summed E-state index contributed by atoms with van der Waals surface area (Å²) < 4.78 is 45.5. The third kappa shape index (κ3) is 4.75. The number of hydrogen-bond acceptors (Lipinski definition) is 5. The standard InChI is InChI=1S/C24H33FN6O3S/c1-16(25)30-15-20(14-26-30)31(19-9-11-29(2)12-10-19)35(33,34)28-24(32)27-23-21-7-3-5-17(21)13-18-6-4-8-22(18)23/h13-16,19H,3-12H2,1-2H3,(H2,27,28,32). The molecule has 1 fully saturated rings. The average Bonchev–Trinajstić information content (AvgIpc) is 3.55. The minimum Gasteiger partial charge on any atom is -0.307 e. The maximum atomic E-state index is 13.8. The fourth-order valence-electron chi connectivity index (χ4n) is 5.68. The molecule has 2 aliphatic carbocycles. The minimum atomic E-state index is -4.28. The number of halogens is 1. The number of carbonyl (C=O) groups excluding carboxylic acids is 1. The number of alkyl halides is 1. The summed E-state index contributed by atoms with van der Waals surface area (Å²) in [5.41, 5.74) is 5.79. The quantitative estimate of drug-likeness (QED) is 0.629. The lowest BCUT2D eigenvalue weighted by Gasteiger charge is -2.36. The van der Waals surface area contributed by atoms with Gasteiger partial charge in [-0.2, -0.15) is 13.5 Å². The summed E-state index contributed by atoms with van der Waals surface area (Å²) in [7, 11) is -2.29. The largest absolute Gasteiger partial charge is 0.334 e. The van der Waals surface area contributed by atoms with Gasteiger partial charge in [0.2, 0.25) is 0 Å². The molecule has 2 amide bonds. The first kappa shape index (κ1) is 24.1. The Morgan fingerprint density at radius 3 is 2.34 bits per heavy atom. The molecule has 0 bridgehead atoms. The van der Waals surface area contributed by atoms with Crippen molar-refractivity contribution in [2.75, 3.05) is 29.8 Å². The normalized spacial score (nSPS) is 19.3. The van der Waals surface area contributed by atoms with Gasteiger partial charge in [-0.05, 0) is 101 Å². The van der Waals surface area contributed by atoms with Gasteiger partial charge in [-0.3, -0.25) is 0 Å². The average molecular weight is 505 g/mol. The maximum Gasteiger partial charge on any atom is 0.334 e. The van der Waals surface area contributed by atoms with Crippen molar-refractivity contribution in [2.24, 2.45) is 0 Å². The molecule has 1 aliphatic heterocycles. The Kier molecular flexibility index (Phi) is 6.47. The van der Waals surface area contributed by atoms with Crippen molar-refractivity contribution in [1.29, 1.82) is 0 Å². The Labute approximate surface area is 205 Å². The number of rotatable bonds is 6. The number of piperidine rings is 1. The zero-order valence-electron chi connectivity index (χ0n) is 20.3. The highest BCUT2D eigenvalue weighted by molar-refractivity contribution is 7.91. The summed E-state index contributed by atoms with van der Waals surface area (Å²) >= 11 is 0. The molecule has 2 N–H and O–H groups in total. The van der Waals surface area contributed by atoms with Gasteiger partial charge in [-0.25, -0.2) is 22.9 Å². The second-order valence-electron chi connectivity index (χ2n) is 9.88. The Hall–Kier alpha value is -2.66. The number of amides is 2. The molecule has 2 heterocycles. The molecule has 0 radical (unpaired) electrons. The highest BCUT2D eigenvalue weighted by Gasteiger charge is 2.35. The van der Waals surface area contributed by atoms with E-state index in [1.54, 1.807) is 0 Å². The molecule has 9 nitrogen and oxygen atoms in total. The molecule has 2 aromatic rings. The first-order valence-electron chi connectivity index (χ1n) is 12.4. The van der Waals surface area contributed by atoms with Gasteiger partial charge in [0.05, 0.1) is 18.1 Å². The van der Waals surface area contributed by atoms with Gasteiger partial charge in [0.15, 0.2) is 6.30 Å². The number of hydrogen-bond donors (Lipinski definition) is 2. The van der Waals surface area contributed by atoms with Crippen LogP contribution in [-0.4, -0.2) is 55.3 Å². The number of aryl methyl sites for hydroxylation is 2. The summed E-state index contributed by atoms with van der Waals surface area (Å²) in [6.45, 7) is 2.77. The number of nitrogens with one attached hydrogen (secondary N) is 2. The third-order valence-electron chi connectivity index (χ3n) is 7.42. The van der Waals surface area contributed by atoms with Gasteiger partial charge in [0.25, 0.3) is 0 Å². The monoisotopic (exact) mass is 504 g/mol. The number of carbonyl (C=O) groups is 1. The SMILES string of the molecule is CC(F)n1cc(N(C2CCN(C)CC2)S(=O)(=O)NC(=O)Nc2c3c(cc4c2CCC4)CCC3)cn1. The van der Waals surface area contributed by atoms with Crippen molar-refractivity contribution in [3.8, 4) is 0 Å². The first-order chi connectivity index (χ1) is 16.7. The van der Waals surface area contributed by atoms with E-state index in [9.17, 15) is 17.6 Å². The van der Waals surface area contributed by atoms with Crippen LogP contribution in [0.25, 0.3) is 0 Å². The van der Waals surface area contributed by atoms with E-state index in [0.717, 1.165) is 73.1 Å². The van der Waals surface area contributed by atoms with Crippen molar-refractivity contribution >= 4 is 27.6 Å². The second-order valence-corrected chi connectivity index (χ2v) is 11.4. The Balaban J connectivity index is 1.41. The van der Waals surface area contributed by atoms with Gasteiger partial charge in [0, 0.05) is 11.7 Å². The van der Waals surface area contributed by atoms with Crippen molar-refractivity contribution in [1.82, 2.24) is 19.4 Å². The summed E-state index contributed by atoms with van der Waals surface area (Å²) in [5, 5.41) is 6.88. The van der Waals surface area contributed by atoms with Gasteiger partial charge in [0.1, 0.15) is 0 Å². The number of nitrogens with zero attached hydrogens (tertiary/aromatic N) is 4. The van der Waals surface area contributed by atoms with Crippen molar-refractivity contribution in [3.05, 3.63) is 40.7 Å². The summed E-state index contributed by atoms with van der Waals surface area (Å²) in [6, 6.07) is 1.12. The zero-order valence-corrected chi connectivity index (χ0v) is 21.1. The summed E-state index contributed by atoms with van der Waals surface area (Å²) in [6.07, 6.45) is 8.30. The Morgan fingerprint density at radius 2 is 1.77 bits per heavy atom. The van der Waals surface area contributed by atoms with Gasteiger partial charge in [-0.15, -0.1) is 0 Å². The molecule has 190 valence electrons. The molecule has 3 aliphatic rings. The highest BCUT2D eigenvalue weighted by Crippen LogP contribution is 2.38. The Morgan fingerprint density at radius 1 is 1.14 bits per heavy atom. The molecule has 0 spiro atoms. The van der Waals surface area contributed by atoms with Gasteiger partial charge in [-0.1, -0.05) is 6.07 Å². The van der Waals surface area contributed by atoms with Crippen LogP contribution in [0.4, 0.5) is 20.6 Å². The fraction of sp³-hybridized carbons (Fsp3) is 0.583. The van der Waals surface area contributed by atoms with Crippen LogP contribution >= 0.6 is 0 Å². The van der Waals surface area contributed by atoms with Crippen LogP contribution in [0.15, 0.2) is 18.5 Å². The van der Waals surface area contributed by atoms with E-state index in [1.807, 2.05) is 7.05 Å². The predicted octanol–water partition coefficient (Wildman–Crippen LogP) is 3.32. The molecular weight excluding hydrogens is 471 g/mol. The van der Waals surface area contributed by atoms with E-state index in [4.69, 9.17) is 0 Å². The molecule has 11 heteroatoms. The smallest absolute Gasteiger partial charge is 0.307 e. The number of fused-ring (bicyclic) bond motifs is 2. The Bertz CT molecular complexity index is 1190. The predicted molar refractivity (Wildman–Crippen MR) is 133 cm³/mol. The third-order valence-corrected chi connectivity index (χ3v) is 8.89. The van der Waals surface area contributed by atoms with Gasteiger partial charge < -0.3 is 10.2 Å². The highest BCUT2D eigenvalue weighted by atomic mass is 32.2. The van der Waals surface area contributed by atoms with Crippen LogP contribution in [0.1, 0.15) is 61.2 Å². The number of likely N-dealkylation sites (tertiary alicyclic amines) is 1. The molecule has 1 aromatic carbocycles. The van der Waals surface area contributed by atoms with Gasteiger partial charge >= 0.3 is 16.2 Å². The lowest BCUT2D eigenvalue weighted by molar-refractivity contribution is 0.245. The molecule has 1 aromatic heterocycles. The van der Waals surface area contributed by atoms with E-state index in [0.29, 0.717) is 12.8 Å². The fourth-order valence-corrected chi connectivity index (χ4v) is 7.04. The number of aromatic nitrogens is 2. The summed E-state index contributed by atoms with van der Waals surface area (Å²) in [5.74, 6) is 0. The molecule has 1 atom stereocenters. The molecule has 1 saturated heterocycles. The van der Waals surface area contributed by atoms with E-state index in [-0.39, 0.29) is 11.7 Å². The lowest BCUT2D eigenvalue weighted by Crippen LogP contribution is -2.52. The molecule has 1 unspecified atom stereocenters. The van der Waals surface area contributed by atoms with Crippen molar-refractivity contribution in [3.63, 3.8) is 0 Å². The molecule has 0 saturated carbocycles. The van der Waals surface area contributed by atoms with Crippen LogP contribution < -0.4 is 14.3 Å². The van der Waals surface area contributed by atoms with Crippen LogP contribution in [0.5, 0.6) is 0 Å². The van der Waals surface area contributed by atoms with Crippen LogP contribution in [0.2, 0.25) is 0 Å². The topological polar surface area (TPSA) is 99.6 Å². The first-order valence-corrected chi connectivity index (χ1v) is 13.8. The van der Waals surface area contributed by atoms with Crippen LogP contribution in [0.3, 0.4) is 0 Å². The van der Waals surface area contributed by atoms with E-state index in [1.165, 1.54) is 34.7 Å². The minimum absolute atomic E-state index is 0.242. The molecular formula is C24H33FN6O3S. The zero-order chi connectivity index (χ0) is 24.7.